The van der Waals surface area contributed by atoms with Crippen LogP contribution in [0.5, 0.6) is 0 Å². The van der Waals surface area contributed by atoms with E-state index in [1.165, 1.54) is 91.7 Å². The monoisotopic (exact) mass is 1110 g/mol. The van der Waals surface area contributed by atoms with E-state index in [-0.39, 0.29) is 31.1 Å². The topological polar surface area (TPSA) is 299 Å². The van der Waals surface area contributed by atoms with E-state index in [0.717, 1.165) is 19.6 Å². The van der Waals surface area contributed by atoms with Crippen molar-refractivity contribution in [3.63, 3.8) is 0 Å². The molecule has 1 aliphatic rings. The van der Waals surface area contributed by atoms with E-state index >= 15 is 4.79 Å². The molecule has 6 N–H and O–H groups in total. The first-order chi connectivity index (χ1) is 36.0. The van der Waals surface area contributed by atoms with Crippen molar-refractivity contribution in [2.45, 2.75) is 182 Å². The molecule has 1 aliphatic heterocycles. The molecule has 78 heavy (non-hydrogen) atoms. The molecule has 1 fully saturated rings. The Morgan fingerprint density at radius 1 is 0.513 bits per heavy atom. The fourth-order valence-electron chi connectivity index (χ4n) is 9.43. The molecule has 24 heteroatoms. The highest BCUT2D eigenvalue weighted by molar-refractivity contribution is 5.99. The molecule has 0 aliphatic carbocycles. The van der Waals surface area contributed by atoms with Gasteiger partial charge in [0.15, 0.2) is 0 Å². The molecule has 1 saturated heterocycles. The van der Waals surface area contributed by atoms with Gasteiger partial charge in [0, 0.05) is 49.3 Å². The van der Waals surface area contributed by atoms with Crippen molar-refractivity contribution in [2.75, 3.05) is 62.4 Å². The molecule has 444 valence electrons. The quantitative estimate of drug-likeness (QED) is 0.143. The van der Waals surface area contributed by atoms with Gasteiger partial charge in [-0.15, -0.1) is 0 Å². The first-order valence-electron chi connectivity index (χ1n) is 27.0. The molecule has 0 radical (unpaired) electrons. The van der Waals surface area contributed by atoms with Crippen LogP contribution in [0.3, 0.4) is 0 Å². The highest BCUT2D eigenvalue weighted by Crippen LogP contribution is 2.25. The Balaban J connectivity index is 4.13. The average molecular weight is 1110 g/mol. The van der Waals surface area contributed by atoms with Gasteiger partial charge in [-0.1, -0.05) is 67.5 Å². The third kappa shape index (κ3) is 19.0. The van der Waals surface area contributed by atoms with Crippen LogP contribution >= 0.6 is 0 Å². The summed E-state index contributed by atoms with van der Waals surface area (Å²) in [5.41, 5.74) is 0. The minimum absolute atomic E-state index is 0.0152. The van der Waals surface area contributed by atoms with Gasteiger partial charge in [-0.25, -0.2) is 0 Å². The third-order valence-corrected chi connectivity index (χ3v) is 14.2. The Morgan fingerprint density at radius 2 is 0.962 bits per heavy atom. The summed E-state index contributed by atoms with van der Waals surface area (Å²) in [6.07, 6.45) is 1.10. The zero-order valence-corrected chi connectivity index (χ0v) is 50.1. The van der Waals surface area contributed by atoms with Crippen molar-refractivity contribution >= 4 is 65.0 Å². The van der Waals surface area contributed by atoms with E-state index in [0.29, 0.717) is 6.42 Å². The number of carbonyl (C=O) groups excluding carboxylic acids is 11. The van der Waals surface area contributed by atoms with Crippen molar-refractivity contribution in [1.82, 2.24) is 55.6 Å². The van der Waals surface area contributed by atoms with Crippen molar-refractivity contribution in [3.05, 3.63) is 12.2 Å². The van der Waals surface area contributed by atoms with Crippen LogP contribution in [0.25, 0.3) is 0 Å². The zero-order chi connectivity index (χ0) is 60.5. The van der Waals surface area contributed by atoms with Crippen LogP contribution in [0, 0.1) is 23.7 Å². The number of hydrogen-bond acceptors (Lipinski definition) is 13. The second-order valence-corrected chi connectivity index (χ2v) is 22.3. The molecule has 11 amide bonds. The van der Waals surface area contributed by atoms with Gasteiger partial charge >= 0.3 is 0 Å². The number of carbonyl (C=O) groups is 11. The van der Waals surface area contributed by atoms with Gasteiger partial charge in [0.05, 0.1) is 25.3 Å². The molecule has 0 spiro atoms. The zero-order valence-electron chi connectivity index (χ0n) is 50.1. The Morgan fingerprint density at radius 3 is 1.44 bits per heavy atom. The summed E-state index contributed by atoms with van der Waals surface area (Å²) in [7, 11) is 9.37. The second kappa shape index (κ2) is 31.4. The standard InChI is InChI=1S/C54H95N11O13/c1-21-23-24-32(9)45(69)44-48(72)58-37(22-2)51(75)60(15)28-41(68)63(18)43(36(13)66)47(71)57-34(11)49(73)59(14)27-40(67)55-33(10)46(70)56-35(12)50(74)61(16)38(25-29(3)4)52(76)62(17)39(26-30(5)6)53(77)64(19)42(31(7)8)54(78)65(44)20/h21,23,29-39,42-45,66,69H,22,24-28H2,1-20H3,(H,55,67)(H,56,70)(H,57,71)(H,58,72)/b23-21+/t32-,33+,34+,35-,36-,37+,38+,39+,42+,43+,44+,45-/m1/s1. The minimum atomic E-state index is -1.63. The summed E-state index contributed by atoms with van der Waals surface area (Å²) in [4.78, 5) is 163. The van der Waals surface area contributed by atoms with E-state index in [1.807, 2.05) is 27.7 Å². The van der Waals surface area contributed by atoms with Crippen LogP contribution in [0.15, 0.2) is 12.2 Å². The van der Waals surface area contributed by atoms with Gasteiger partial charge < -0.3 is 65.8 Å². The number of allylic oxidation sites excluding steroid dienone is 2. The van der Waals surface area contributed by atoms with Gasteiger partial charge in [-0.05, 0) is 84.0 Å². The van der Waals surface area contributed by atoms with E-state index in [4.69, 9.17) is 0 Å². The molecule has 0 unspecified atom stereocenters. The summed E-state index contributed by atoms with van der Waals surface area (Å²) in [6.45, 7) is 20.0. The number of aliphatic hydroxyl groups is 2. The van der Waals surface area contributed by atoms with Crippen LogP contribution in [0.1, 0.15) is 116 Å². The van der Waals surface area contributed by atoms with E-state index < -0.39 is 156 Å². The maximum absolute atomic E-state index is 15.0. The van der Waals surface area contributed by atoms with E-state index in [9.17, 15) is 58.2 Å². The first-order valence-corrected chi connectivity index (χ1v) is 27.0. The largest absolute Gasteiger partial charge is 0.391 e. The van der Waals surface area contributed by atoms with Crippen LogP contribution in [0.2, 0.25) is 0 Å². The second-order valence-electron chi connectivity index (χ2n) is 22.3. The lowest BCUT2D eigenvalue weighted by Crippen LogP contribution is -2.63. The fourth-order valence-corrected chi connectivity index (χ4v) is 9.43. The highest BCUT2D eigenvalue weighted by Gasteiger charge is 2.45. The number of likely N-dealkylation sites (N-methyl/N-ethyl adjacent to an activating group) is 7. The predicted octanol–water partition coefficient (Wildman–Crippen LogP) is -0.447. The van der Waals surface area contributed by atoms with Crippen molar-refractivity contribution in [2.24, 2.45) is 23.7 Å². The Kier molecular flexibility index (Phi) is 28.1. The molecule has 0 saturated carbocycles. The summed E-state index contributed by atoms with van der Waals surface area (Å²) in [5, 5.41) is 32.9. The fraction of sp³-hybridized carbons (Fsp3) is 0.759. The molecule has 0 aromatic carbocycles. The van der Waals surface area contributed by atoms with E-state index in [2.05, 4.69) is 21.3 Å². The number of rotatable bonds is 11. The minimum Gasteiger partial charge on any atom is -0.391 e. The Labute approximate surface area is 462 Å². The van der Waals surface area contributed by atoms with Gasteiger partial charge in [-0.2, -0.15) is 0 Å². The summed E-state index contributed by atoms with van der Waals surface area (Å²) in [5.74, 6) is -9.87. The van der Waals surface area contributed by atoms with Crippen LogP contribution < -0.4 is 21.3 Å². The van der Waals surface area contributed by atoms with Gasteiger partial charge in [-0.3, -0.25) is 52.7 Å². The molecular formula is C54H95N11O13. The maximum atomic E-state index is 15.0. The molecule has 0 aromatic rings. The summed E-state index contributed by atoms with van der Waals surface area (Å²) >= 11 is 0. The lowest BCUT2D eigenvalue weighted by atomic mass is 9.91. The van der Waals surface area contributed by atoms with Crippen LogP contribution in [-0.2, 0) is 52.7 Å². The third-order valence-electron chi connectivity index (χ3n) is 14.2. The average Bonchev–Trinajstić information content (AvgIpc) is 3.35. The van der Waals surface area contributed by atoms with Gasteiger partial charge in [0.25, 0.3) is 0 Å². The van der Waals surface area contributed by atoms with E-state index in [1.54, 1.807) is 46.8 Å². The lowest BCUT2D eigenvalue weighted by molar-refractivity contribution is -0.157. The number of nitrogens with zero attached hydrogens (tertiary/aromatic N) is 7. The van der Waals surface area contributed by atoms with Crippen LogP contribution in [-0.4, -0.2) is 238 Å². The number of aliphatic hydroxyl groups excluding tert-OH is 2. The molecule has 1 rings (SSSR count). The number of nitrogens with one attached hydrogen (secondary N) is 4. The normalized spacial score (nSPS) is 27.5. The molecule has 12 atom stereocenters. The van der Waals surface area contributed by atoms with Crippen molar-refractivity contribution in [3.8, 4) is 0 Å². The highest BCUT2D eigenvalue weighted by atomic mass is 16.3. The maximum Gasteiger partial charge on any atom is 0.246 e. The van der Waals surface area contributed by atoms with Crippen molar-refractivity contribution < 1.29 is 63.0 Å². The lowest BCUT2D eigenvalue weighted by Gasteiger charge is -2.41. The summed E-state index contributed by atoms with van der Waals surface area (Å²) in [6, 6.07) is -11.8. The first kappa shape index (κ1) is 69.8. The Bertz CT molecular complexity index is 2150. The van der Waals surface area contributed by atoms with Crippen LogP contribution in [0.4, 0.5) is 0 Å². The molecular weight excluding hydrogens is 1010 g/mol. The number of amides is 11. The molecule has 0 aromatic heterocycles. The predicted molar refractivity (Wildman–Crippen MR) is 293 cm³/mol. The molecule has 0 bridgehead atoms. The van der Waals surface area contributed by atoms with Crippen molar-refractivity contribution in [1.29, 1.82) is 0 Å². The van der Waals surface area contributed by atoms with Gasteiger partial charge in [0.1, 0.15) is 54.4 Å². The smallest absolute Gasteiger partial charge is 0.246 e. The summed E-state index contributed by atoms with van der Waals surface area (Å²) < 4.78 is 0. The Hall–Kier alpha value is -6.17. The van der Waals surface area contributed by atoms with Gasteiger partial charge in [0.2, 0.25) is 65.0 Å². The molecule has 1 heterocycles. The molecule has 24 nitrogen and oxygen atoms in total. The number of hydrogen-bond donors (Lipinski definition) is 6. The SMILES string of the molecule is C/C=C/C[C@@H](C)[C@@H](O)[C@H]1C(=O)N[C@@H](CC)C(=O)N(C)CC(=O)N(C)[C@@H]([C@@H](C)O)C(=O)N[C@@H](C)C(=O)N(C)CC(=O)N[C@@H](C)C(=O)N[C@H](C)C(=O)N(C)[C@@H](CC(C)C)C(=O)N(C)[C@@H](CC(C)C)C(=O)N(C)[C@@H](C(C)C)C(=O)N1C.